The third-order valence-corrected chi connectivity index (χ3v) is 10.3. The van der Waals surface area contributed by atoms with Gasteiger partial charge >= 0.3 is 0 Å². The predicted octanol–water partition coefficient (Wildman–Crippen LogP) is 7.10. The van der Waals surface area contributed by atoms with Crippen molar-refractivity contribution < 1.29 is 14.9 Å². The first-order valence-corrected chi connectivity index (χ1v) is 15.8. The fraction of sp³-hybridized carbons (Fsp3) is 0.436. The zero-order valence-corrected chi connectivity index (χ0v) is 28.7. The molecule has 2 aliphatic rings. The van der Waals surface area contributed by atoms with E-state index in [1.165, 1.54) is 11.1 Å². The molecule has 0 spiro atoms. The number of anilines is 1. The molecule has 0 saturated carbocycles. The monoisotopic (exact) mass is 611 g/mol. The first-order chi connectivity index (χ1) is 21.0. The summed E-state index contributed by atoms with van der Waals surface area (Å²) in [6, 6.07) is 10.2. The van der Waals surface area contributed by atoms with Crippen molar-refractivity contribution in [2.24, 2.45) is 10.8 Å². The Labute approximate surface area is 270 Å². The second kappa shape index (κ2) is 12.6. The molecular formula is C39H53N3O3. The van der Waals surface area contributed by atoms with Crippen molar-refractivity contribution in [1.29, 1.82) is 0 Å². The van der Waals surface area contributed by atoms with Crippen LogP contribution in [0.25, 0.3) is 5.57 Å². The minimum absolute atomic E-state index is 0.0212. The molecular weight excluding hydrogens is 558 g/mol. The van der Waals surface area contributed by atoms with Gasteiger partial charge in [0, 0.05) is 57.5 Å². The molecule has 4 N–H and O–H groups in total. The lowest BCUT2D eigenvalue weighted by Crippen LogP contribution is -2.57. The quantitative estimate of drug-likeness (QED) is 0.152. The van der Waals surface area contributed by atoms with E-state index in [0.717, 1.165) is 57.0 Å². The van der Waals surface area contributed by atoms with Crippen LogP contribution in [0, 0.1) is 24.7 Å². The van der Waals surface area contributed by atoms with Crippen molar-refractivity contribution in [3.8, 4) is 5.75 Å². The number of rotatable bonds is 12. The number of aryl methyl sites for hydroxylation is 1. The van der Waals surface area contributed by atoms with Crippen LogP contribution < -0.4 is 20.3 Å². The summed E-state index contributed by atoms with van der Waals surface area (Å²) in [5, 5.41) is 29.5. The van der Waals surface area contributed by atoms with E-state index < -0.39 is 11.0 Å². The Morgan fingerprint density at radius 1 is 1.07 bits per heavy atom. The number of allylic oxidation sites excluding steroid dienone is 3. The first kappa shape index (κ1) is 34.1. The maximum atomic E-state index is 12.7. The van der Waals surface area contributed by atoms with Gasteiger partial charge in [0.25, 0.3) is 0 Å². The minimum Gasteiger partial charge on any atom is -0.442 e. The van der Waals surface area contributed by atoms with Gasteiger partial charge in [-0.2, -0.15) is 0 Å². The summed E-state index contributed by atoms with van der Waals surface area (Å²) in [4.78, 5) is 2.18. The van der Waals surface area contributed by atoms with E-state index >= 15 is 0 Å². The Balaban J connectivity index is 1.81. The van der Waals surface area contributed by atoms with E-state index in [-0.39, 0.29) is 12.0 Å². The SMILES string of the molecule is C=C(CC(=C)[C@@]1(O)C(C)=C2C(=C)c3c(C)c(CNC(=C)Oc4ccc(C)cc4)cc(N(C)C)c3C[C@@]2(C)C[C@@]1(C)CCO)NC. The maximum Gasteiger partial charge on any atom is 0.186 e. The van der Waals surface area contributed by atoms with E-state index in [0.29, 0.717) is 37.3 Å². The summed E-state index contributed by atoms with van der Waals surface area (Å²) in [6.45, 7) is 28.5. The Hall–Kier alpha value is -3.74. The summed E-state index contributed by atoms with van der Waals surface area (Å²) >= 11 is 0. The molecule has 2 aliphatic carbocycles. The Bertz CT molecular complexity index is 1570. The highest BCUT2D eigenvalue weighted by Crippen LogP contribution is 2.64. The first-order valence-electron chi connectivity index (χ1n) is 15.8. The van der Waals surface area contributed by atoms with Gasteiger partial charge in [0.2, 0.25) is 0 Å². The molecule has 6 heteroatoms. The molecule has 2 aromatic rings. The van der Waals surface area contributed by atoms with Crippen molar-refractivity contribution in [3.63, 3.8) is 0 Å². The standard InChI is InChI=1S/C39H53N3O3/c1-24-13-15-32(16-14-24)45-30(7)41-22-31-20-34(42(11)12)33-21-37(8)23-38(9,17-18-43)39(44,25(2)19-26(3)40-10)29(6)36(37)28(5)35(33)27(31)4/h13-16,20,40-41,43-44H,2-3,5,7,17-19,21-23H2,1,4,6,8-12H3/t37-,38+,39+/m0/s1. The average molecular weight is 612 g/mol. The fourth-order valence-corrected chi connectivity index (χ4v) is 8.13. The molecule has 4 rings (SSSR count). The Morgan fingerprint density at radius 3 is 2.29 bits per heavy atom. The van der Waals surface area contributed by atoms with Crippen molar-refractivity contribution in [3.05, 3.63) is 113 Å². The highest BCUT2D eigenvalue weighted by atomic mass is 16.5. The molecule has 0 heterocycles. The summed E-state index contributed by atoms with van der Waals surface area (Å²) in [6.07, 6.45) is 2.37. The Morgan fingerprint density at radius 2 is 1.71 bits per heavy atom. The van der Waals surface area contributed by atoms with Gasteiger partial charge in [-0.1, -0.05) is 51.3 Å². The van der Waals surface area contributed by atoms with Gasteiger partial charge in [-0.3, -0.25) is 0 Å². The molecule has 45 heavy (non-hydrogen) atoms. The van der Waals surface area contributed by atoms with Gasteiger partial charge in [0.15, 0.2) is 5.88 Å². The second-order valence-electron chi connectivity index (χ2n) is 13.9. The van der Waals surface area contributed by atoms with E-state index in [9.17, 15) is 10.2 Å². The average Bonchev–Trinajstić information content (AvgIpc) is 2.96. The summed E-state index contributed by atoms with van der Waals surface area (Å²) < 4.78 is 5.96. The number of benzene rings is 2. The van der Waals surface area contributed by atoms with Crippen LogP contribution >= 0.6 is 0 Å². The Kier molecular flexibility index (Phi) is 9.54. The van der Waals surface area contributed by atoms with Gasteiger partial charge in [0.05, 0.1) is 0 Å². The zero-order chi connectivity index (χ0) is 33.5. The van der Waals surface area contributed by atoms with Gasteiger partial charge < -0.3 is 30.5 Å². The van der Waals surface area contributed by atoms with E-state index in [2.05, 4.69) is 76.2 Å². The smallest absolute Gasteiger partial charge is 0.186 e. The van der Waals surface area contributed by atoms with E-state index in [1.807, 2.05) is 45.2 Å². The maximum absolute atomic E-state index is 12.7. The van der Waals surface area contributed by atoms with Crippen molar-refractivity contribution in [1.82, 2.24) is 10.6 Å². The fourth-order valence-electron chi connectivity index (χ4n) is 8.13. The molecule has 0 aromatic heterocycles. The number of hydrogen-bond acceptors (Lipinski definition) is 6. The predicted molar refractivity (Wildman–Crippen MR) is 188 cm³/mol. The lowest BCUT2D eigenvalue weighted by molar-refractivity contribution is -0.0644. The normalized spacial score (nSPS) is 24.0. The second-order valence-corrected chi connectivity index (χ2v) is 13.9. The number of aliphatic hydroxyl groups excluding tert-OH is 1. The molecule has 242 valence electrons. The van der Waals surface area contributed by atoms with Crippen LogP contribution in [0.3, 0.4) is 0 Å². The van der Waals surface area contributed by atoms with Crippen LogP contribution in [-0.2, 0) is 13.0 Å². The van der Waals surface area contributed by atoms with Crippen LogP contribution in [0.5, 0.6) is 5.75 Å². The number of nitrogens with zero attached hydrogens (tertiary/aromatic N) is 1. The van der Waals surface area contributed by atoms with Crippen molar-refractivity contribution in [2.45, 2.75) is 72.4 Å². The molecule has 0 unspecified atom stereocenters. The molecule has 0 bridgehead atoms. The number of nitrogens with one attached hydrogen (secondary N) is 2. The lowest BCUT2D eigenvalue weighted by Gasteiger charge is -2.58. The van der Waals surface area contributed by atoms with Crippen LogP contribution in [0.2, 0.25) is 0 Å². The highest BCUT2D eigenvalue weighted by Gasteiger charge is 2.59. The zero-order valence-electron chi connectivity index (χ0n) is 28.7. The van der Waals surface area contributed by atoms with Gasteiger partial charge in [-0.05, 0) is 115 Å². The van der Waals surface area contributed by atoms with Gasteiger partial charge in [-0.15, -0.1) is 0 Å². The summed E-state index contributed by atoms with van der Waals surface area (Å²) in [5.41, 5.74) is 9.09. The molecule has 0 aliphatic heterocycles. The molecule has 0 saturated heterocycles. The minimum atomic E-state index is -1.34. The molecule has 0 radical (unpaired) electrons. The molecule has 3 atom stereocenters. The molecule has 2 aromatic carbocycles. The number of aliphatic hydroxyl groups is 2. The van der Waals surface area contributed by atoms with Gasteiger partial charge in [0.1, 0.15) is 11.4 Å². The number of hydrogen-bond donors (Lipinski definition) is 4. The third-order valence-electron chi connectivity index (χ3n) is 10.3. The van der Waals surface area contributed by atoms with Crippen LogP contribution in [0.4, 0.5) is 5.69 Å². The third kappa shape index (κ3) is 5.98. The van der Waals surface area contributed by atoms with Crippen LogP contribution in [-0.4, -0.2) is 43.6 Å². The molecule has 0 amide bonds. The highest BCUT2D eigenvalue weighted by molar-refractivity contribution is 5.89. The molecule has 6 nitrogen and oxygen atoms in total. The number of fused-ring (bicyclic) bond motifs is 2. The van der Waals surface area contributed by atoms with E-state index in [1.54, 1.807) is 0 Å². The summed E-state index contributed by atoms with van der Waals surface area (Å²) in [5.74, 6) is 1.22. The summed E-state index contributed by atoms with van der Waals surface area (Å²) in [7, 11) is 5.99. The molecule has 0 fully saturated rings. The lowest BCUT2D eigenvalue weighted by atomic mass is 9.47. The largest absolute Gasteiger partial charge is 0.442 e. The van der Waals surface area contributed by atoms with Crippen LogP contribution in [0.1, 0.15) is 67.9 Å². The van der Waals surface area contributed by atoms with Gasteiger partial charge in [-0.25, -0.2) is 0 Å². The van der Waals surface area contributed by atoms with E-state index in [4.69, 9.17) is 11.3 Å². The topological polar surface area (TPSA) is 77.0 Å². The number of ether oxygens (including phenoxy) is 1. The van der Waals surface area contributed by atoms with Crippen molar-refractivity contribution >= 4 is 11.3 Å². The van der Waals surface area contributed by atoms with Crippen LogP contribution in [0.15, 0.2) is 84.9 Å². The van der Waals surface area contributed by atoms with Crippen molar-refractivity contribution in [2.75, 3.05) is 32.6 Å².